The molecule has 1 aliphatic rings. The van der Waals surface area contributed by atoms with E-state index in [1.165, 1.54) is 6.26 Å². The number of hydrogen-bond donors (Lipinski definition) is 0. The van der Waals surface area contributed by atoms with E-state index in [1.54, 1.807) is 0 Å². The molecule has 116 valence electrons. The summed E-state index contributed by atoms with van der Waals surface area (Å²) in [5, 5.41) is 0.0636. The predicted octanol–water partition coefficient (Wildman–Crippen LogP) is 4.31. The highest BCUT2D eigenvalue weighted by Crippen LogP contribution is 2.41. The van der Waals surface area contributed by atoms with E-state index in [1.807, 2.05) is 18.2 Å². The Morgan fingerprint density at radius 3 is 2.91 bits per heavy atom. The molecule has 2 aromatic rings. The molecule has 0 fully saturated rings. The van der Waals surface area contributed by atoms with Gasteiger partial charge in [0.25, 0.3) is 5.24 Å². The van der Waals surface area contributed by atoms with Crippen LogP contribution in [0.15, 0.2) is 28.9 Å². The number of fused-ring (bicyclic) bond motifs is 1. The summed E-state index contributed by atoms with van der Waals surface area (Å²) < 4.78 is 5.47. The molecule has 22 heavy (non-hydrogen) atoms. The lowest BCUT2D eigenvalue weighted by Gasteiger charge is -2.21. The van der Waals surface area contributed by atoms with Crippen molar-refractivity contribution in [3.63, 3.8) is 0 Å². The lowest BCUT2D eigenvalue weighted by molar-refractivity contribution is 0.107. The SMILES string of the molecule is CC(C)CN1CC(c2nc(C(=O)Cl)co2)c2cc(Cl)ccc21. The smallest absolute Gasteiger partial charge is 0.274 e. The van der Waals surface area contributed by atoms with Crippen LogP contribution in [0.4, 0.5) is 5.69 Å². The van der Waals surface area contributed by atoms with Gasteiger partial charge in [0.05, 0.1) is 5.92 Å². The van der Waals surface area contributed by atoms with Crippen LogP contribution in [0, 0.1) is 5.92 Å². The topological polar surface area (TPSA) is 46.3 Å². The van der Waals surface area contributed by atoms with E-state index >= 15 is 0 Å². The van der Waals surface area contributed by atoms with Crippen molar-refractivity contribution in [1.29, 1.82) is 0 Å². The number of benzene rings is 1. The minimum absolute atomic E-state index is 0.0442. The molecule has 0 spiro atoms. The maximum atomic E-state index is 11.2. The fraction of sp³-hybridized carbons (Fsp3) is 0.375. The maximum Gasteiger partial charge on any atom is 0.274 e. The monoisotopic (exact) mass is 338 g/mol. The Kier molecular flexibility index (Phi) is 4.15. The largest absolute Gasteiger partial charge is 0.447 e. The van der Waals surface area contributed by atoms with Crippen molar-refractivity contribution >= 4 is 34.1 Å². The number of anilines is 1. The Morgan fingerprint density at radius 2 is 2.27 bits per heavy atom. The van der Waals surface area contributed by atoms with Crippen molar-refractivity contribution < 1.29 is 9.21 Å². The van der Waals surface area contributed by atoms with Crippen LogP contribution in [0.5, 0.6) is 0 Å². The summed E-state index contributed by atoms with van der Waals surface area (Å²) in [7, 11) is 0. The summed E-state index contributed by atoms with van der Waals surface area (Å²) in [5.74, 6) is 0.989. The second kappa shape index (κ2) is 5.94. The number of rotatable bonds is 4. The van der Waals surface area contributed by atoms with Gasteiger partial charge < -0.3 is 9.32 Å². The van der Waals surface area contributed by atoms with Gasteiger partial charge in [-0.15, -0.1) is 0 Å². The zero-order chi connectivity index (χ0) is 15.9. The van der Waals surface area contributed by atoms with Crippen LogP contribution < -0.4 is 4.90 Å². The third-order valence-electron chi connectivity index (χ3n) is 3.72. The van der Waals surface area contributed by atoms with Crippen LogP contribution in [0.3, 0.4) is 0 Å². The van der Waals surface area contributed by atoms with Gasteiger partial charge in [-0.3, -0.25) is 4.79 Å². The van der Waals surface area contributed by atoms with Crippen molar-refractivity contribution in [3.05, 3.63) is 46.6 Å². The lowest BCUT2D eigenvalue weighted by atomic mass is 10.0. The average molecular weight is 339 g/mol. The van der Waals surface area contributed by atoms with E-state index in [0.717, 1.165) is 24.3 Å². The fourth-order valence-electron chi connectivity index (χ4n) is 2.87. The first-order chi connectivity index (χ1) is 10.5. The molecule has 0 radical (unpaired) electrons. The lowest BCUT2D eigenvalue weighted by Crippen LogP contribution is -2.26. The molecule has 4 nitrogen and oxygen atoms in total. The van der Waals surface area contributed by atoms with E-state index in [2.05, 4.69) is 23.7 Å². The fourth-order valence-corrected chi connectivity index (χ4v) is 3.14. The van der Waals surface area contributed by atoms with Crippen molar-refractivity contribution in [2.24, 2.45) is 5.92 Å². The Hall–Kier alpha value is -1.52. The van der Waals surface area contributed by atoms with E-state index in [9.17, 15) is 4.79 Å². The predicted molar refractivity (Wildman–Crippen MR) is 87.0 cm³/mol. The second-order valence-electron chi connectivity index (χ2n) is 5.90. The average Bonchev–Trinajstić information content (AvgIpc) is 3.03. The molecule has 0 bridgehead atoms. The van der Waals surface area contributed by atoms with Gasteiger partial charge in [-0.2, -0.15) is 0 Å². The number of carbonyl (C=O) groups is 1. The van der Waals surface area contributed by atoms with Gasteiger partial charge in [-0.1, -0.05) is 25.4 Å². The Balaban J connectivity index is 1.99. The molecule has 1 atom stereocenters. The van der Waals surface area contributed by atoms with E-state index in [-0.39, 0.29) is 11.6 Å². The summed E-state index contributed by atoms with van der Waals surface area (Å²) in [5.41, 5.74) is 2.35. The van der Waals surface area contributed by atoms with E-state index in [0.29, 0.717) is 16.8 Å². The van der Waals surface area contributed by atoms with E-state index in [4.69, 9.17) is 27.6 Å². The highest BCUT2D eigenvalue weighted by molar-refractivity contribution is 6.67. The first-order valence-corrected chi connectivity index (χ1v) is 7.91. The normalized spacial score (nSPS) is 17.1. The van der Waals surface area contributed by atoms with Gasteiger partial charge in [0.1, 0.15) is 6.26 Å². The second-order valence-corrected chi connectivity index (χ2v) is 6.68. The molecule has 1 aromatic carbocycles. The molecule has 0 N–H and O–H groups in total. The molecule has 1 unspecified atom stereocenters. The van der Waals surface area contributed by atoms with Crippen LogP contribution in [0.2, 0.25) is 5.02 Å². The Morgan fingerprint density at radius 1 is 1.50 bits per heavy atom. The molecule has 0 amide bonds. The number of halogens is 2. The van der Waals surface area contributed by atoms with Gasteiger partial charge in [-0.25, -0.2) is 4.98 Å². The molecule has 0 saturated heterocycles. The summed E-state index contributed by atoms with van der Waals surface area (Å²) >= 11 is 11.6. The highest BCUT2D eigenvalue weighted by atomic mass is 35.5. The quantitative estimate of drug-likeness (QED) is 0.779. The molecule has 0 saturated carbocycles. The number of hydrogen-bond acceptors (Lipinski definition) is 4. The van der Waals surface area contributed by atoms with Crippen molar-refractivity contribution in [1.82, 2.24) is 4.98 Å². The van der Waals surface area contributed by atoms with Gasteiger partial charge in [0.15, 0.2) is 5.69 Å². The number of nitrogens with zero attached hydrogens (tertiary/aromatic N) is 2. The maximum absolute atomic E-state index is 11.2. The Bertz CT molecular complexity index is 712. The first-order valence-electron chi connectivity index (χ1n) is 7.15. The molecular formula is C16H16Cl2N2O2. The number of carbonyl (C=O) groups excluding carboxylic acids is 1. The van der Waals surface area contributed by atoms with Crippen LogP contribution in [-0.2, 0) is 0 Å². The van der Waals surface area contributed by atoms with Gasteiger partial charge in [0.2, 0.25) is 5.89 Å². The molecule has 3 rings (SSSR count). The summed E-state index contributed by atoms with van der Waals surface area (Å²) in [6.07, 6.45) is 1.31. The molecule has 1 aliphatic heterocycles. The summed E-state index contributed by atoms with van der Waals surface area (Å²) in [6, 6.07) is 5.85. The van der Waals surface area contributed by atoms with Crippen LogP contribution in [0.1, 0.15) is 41.7 Å². The summed E-state index contributed by atoms with van der Waals surface area (Å²) in [6.45, 7) is 6.05. The zero-order valence-corrected chi connectivity index (χ0v) is 13.9. The van der Waals surface area contributed by atoms with Crippen molar-refractivity contribution in [3.8, 4) is 0 Å². The highest BCUT2D eigenvalue weighted by Gasteiger charge is 2.33. The third-order valence-corrected chi connectivity index (χ3v) is 4.14. The first kappa shape index (κ1) is 15.4. The van der Waals surface area contributed by atoms with E-state index < -0.39 is 5.24 Å². The minimum Gasteiger partial charge on any atom is -0.447 e. The van der Waals surface area contributed by atoms with Crippen LogP contribution >= 0.6 is 23.2 Å². The Labute approximate surface area is 139 Å². The van der Waals surface area contributed by atoms with Crippen LogP contribution in [-0.4, -0.2) is 23.3 Å². The standard InChI is InChI=1S/C16H16Cl2N2O2/c1-9(2)6-20-7-12(11-5-10(17)3-4-14(11)20)16-19-13(8-22-16)15(18)21/h3-5,8-9,12H,6-7H2,1-2H3. The zero-order valence-electron chi connectivity index (χ0n) is 12.3. The molecule has 6 heteroatoms. The van der Waals surface area contributed by atoms with Crippen LogP contribution in [0.25, 0.3) is 0 Å². The third kappa shape index (κ3) is 2.85. The molecule has 0 aliphatic carbocycles. The van der Waals surface area contributed by atoms with Crippen molar-refractivity contribution in [2.45, 2.75) is 19.8 Å². The number of aromatic nitrogens is 1. The van der Waals surface area contributed by atoms with Crippen molar-refractivity contribution in [2.75, 3.05) is 18.0 Å². The molecule has 1 aromatic heterocycles. The summed E-state index contributed by atoms with van der Waals surface area (Å²) in [4.78, 5) is 17.7. The van der Waals surface area contributed by atoms with Gasteiger partial charge in [-0.05, 0) is 41.3 Å². The van der Waals surface area contributed by atoms with Gasteiger partial charge >= 0.3 is 0 Å². The molecular weight excluding hydrogens is 323 g/mol. The van der Waals surface area contributed by atoms with Gasteiger partial charge in [0, 0.05) is 23.8 Å². The molecule has 2 heterocycles. The number of oxazole rings is 1. The minimum atomic E-state index is -0.613.